The first-order valence-corrected chi connectivity index (χ1v) is 7.26. The van der Waals surface area contributed by atoms with Crippen LogP contribution in [-0.2, 0) is 9.59 Å². The smallest absolute Gasteiger partial charge is 0.307 e. The summed E-state index contributed by atoms with van der Waals surface area (Å²) in [6, 6.07) is 5.74. The Labute approximate surface area is 123 Å². The molecule has 0 saturated heterocycles. The number of carbonyl (C=O) groups excluding carboxylic acids is 1. The van der Waals surface area contributed by atoms with Gasteiger partial charge < -0.3 is 10.4 Å². The van der Waals surface area contributed by atoms with E-state index in [0.717, 1.165) is 17.7 Å². The molecule has 2 bridgehead atoms. The highest BCUT2D eigenvalue weighted by Crippen LogP contribution is 2.48. The molecule has 0 aliphatic heterocycles. The number of hydrogen-bond donors (Lipinski definition) is 2. The predicted octanol–water partition coefficient (Wildman–Crippen LogP) is 2.76. The van der Waals surface area contributed by atoms with Crippen molar-refractivity contribution in [3.05, 3.63) is 41.5 Å². The summed E-state index contributed by atoms with van der Waals surface area (Å²) >= 11 is 0. The second-order valence-corrected chi connectivity index (χ2v) is 6.13. The highest BCUT2D eigenvalue weighted by molar-refractivity contribution is 5.96. The van der Waals surface area contributed by atoms with Gasteiger partial charge in [0.1, 0.15) is 0 Å². The number of amides is 1. The van der Waals surface area contributed by atoms with Gasteiger partial charge in [0.2, 0.25) is 5.91 Å². The van der Waals surface area contributed by atoms with Gasteiger partial charge in [0, 0.05) is 5.69 Å². The van der Waals surface area contributed by atoms with E-state index in [-0.39, 0.29) is 17.7 Å². The van der Waals surface area contributed by atoms with E-state index in [2.05, 4.69) is 5.32 Å². The molecular formula is C17H19NO3. The first-order valence-electron chi connectivity index (χ1n) is 7.26. The van der Waals surface area contributed by atoms with Crippen LogP contribution in [-0.4, -0.2) is 17.0 Å². The topological polar surface area (TPSA) is 66.4 Å². The number of rotatable bonds is 3. The lowest BCUT2D eigenvalue weighted by Crippen LogP contribution is -2.36. The zero-order valence-electron chi connectivity index (χ0n) is 12.2. The molecule has 1 aromatic carbocycles. The minimum Gasteiger partial charge on any atom is -0.481 e. The van der Waals surface area contributed by atoms with E-state index in [4.69, 9.17) is 0 Å². The van der Waals surface area contributed by atoms with Crippen molar-refractivity contribution in [2.24, 2.45) is 23.7 Å². The average Bonchev–Trinajstić information content (AvgIpc) is 3.03. The minimum absolute atomic E-state index is 0.00278. The van der Waals surface area contributed by atoms with Gasteiger partial charge in [0.25, 0.3) is 0 Å². The third kappa shape index (κ3) is 2.35. The fourth-order valence-corrected chi connectivity index (χ4v) is 3.56. The lowest BCUT2D eigenvalue weighted by atomic mass is 9.82. The third-order valence-electron chi connectivity index (χ3n) is 4.82. The molecule has 21 heavy (non-hydrogen) atoms. The van der Waals surface area contributed by atoms with E-state index in [1.807, 2.05) is 44.2 Å². The number of hydrogen-bond acceptors (Lipinski definition) is 2. The zero-order chi connectivity index (χ0) is 15.1. The van der Waals surface area contributed by atoms with Crippen molar-refractivity contribution in [1.82, 2.24) is 0 Å². The van der Waals surface area contributed by atoms with Crippen LogP contribution in [0, 0.1) is 37.5 Å². The predicted molar refractivity (Wildman–Crippen MR) is 79.9 cm³/mol. The average molecular weight is 285 g/mol. The molecule has 0 heterocycles. The molecule has 2 aliphatic carbocycles. The Kier molecular flexibility index (Phi) is 3.32. The number of carbonyl (C=O) groups is 2. The fraction of sp³-hybridized carbons (Fsp3) is 0.412. The molecule has 4 nitrogen and oxygen atoms in total. The quantitative estimate of drug-likeness (QED) is 0.839. The van der Waals surface area contributed by atoms with E-state index >= 15 is 0 Å². The number of benzene rings is 1. The number of allylic oxidation sites excluding steroid dienone is 2. The Morgan fingerprint density at radius 1 is 1.10 bits per heavy atom. The van der Waals surface area contributed by atoms with Crippen molar-refractivity contribution >= 4 is 17.6 Å². The summed E-state index contributed by atoms with van der Waals surface area (Å²) in [4.78, 5) is 24.0. The molecule has 1 saturated carbocycles. The second kappa shape index (κ2) is 5.02. The number of nitrogens with one attached hydrogen (secondary N) is 1. The second-order valence-electron chi connectivity index (χ2n) is 6.13. The minimum atomic E-state index is -0.868. The van der Waals surface area contributed by atoms with Gasteiger partial charge in [-0.25, -0.2) is 0 Å². The number of anilines is 1. The van der Waals surface area contributed by atoms with Crippen molar-refractivity contribution < 1.29 is 14.7 Å². The molecule has 0 aromatic heterocycles. The number of carboxylic acids is 1. The van der Waals surface area contributed by atoms with Crippen molar-refractivity contribution in [2.45, 2.75) is 20.3 Å². The number of aliphatic carboxylic acids is 1. The summed E-state index contributed by atoms with van der Waals surface area (Å²) in [7, 11) is 0. The van der Waals surface area contributed by atoms with E-state index in [0.29, 0.717) is 0 Å². The molecule has 1 amide bonds. The van der Waals surface area contributed by atoms with E-state index in [1.54, 1.807) is 0 Å². The summed E-state index contributed by atoms with van der Waals surface area (Å²) in [5.41, 5.74) is 3.01. The zero-order valence-corrected chi connectivity index (χ0v) is 12.2. The molecule has 2 aliphatic rings. The van der Waals surface area contributed by atoms with Crippen LogP contribution in [0.5, 0.6) is 0 Å². The van der Waals surface area contributed by atoms with Crippen LogP contribution in [0.2, 0.25) is 0 Å². The van der Waals surface area contributed by atoms with E-state index < -0.39 is 17.8 Å². The van der Waals surface area contributed by atoms with Gasteiger partial charge in [0.05, 0.1) is 11.8 Å². The Hall–Kier alpha value is -2.10. The molecule has 4 heteroatoms. The van der Waals surface area contributed by atoms with Crippen molar-refractivity contribution in [3.63, 3.8) is 0 Å². The molecule has 110 valence electrons. The van der Waals surface area contributed by atoms with Crippen LogP contribution < -0.4 is 5.32 Å². The van der Waals surface area contributed by atoms with Gasteiger partial charge >= 0.3 is 5.97 Å². The molecule has 3 rings (SSSR count). The van der Waals surface area contributed by atoms with Crippen LogP contribution in [0.15, 0.2) is 30.4 Å². The summed E-state index contributed by atoms with van der Waals surface area (Å²) in [6.45, 7) is 4.01. The normalized spacial score (nSPS) is 29.6. The molecular weight excluding hydrogens is 266 g/mol. The molecule has 1 aromatic rings. The molecule has 1 fully saturated rings. The lowest BCUT2D eigenvalue weighted by Gasteiger charge is -2.24. The van der Waals surface area contributed by atoms with E-state index in [1.165, 1.54) is 5.56 Å². The van der Waals surface area contributed by atoms with Crippen molar-refractivity contribution in [3.8, 4) is 0 Å². The largest absolute Gasteiger partial charge is 0.481 e. The number of fused-ring (bicyclic) bond motifs is 2. The maximum absolute atomic E-state index is 12.5. The van der Waals surface area contributed by atoms with Crippen molar-refractivity contribution in [2.75, 3.05) is 5.32 Å². The van der Waals surface area contributed by atoms with Crippen LogP contribution in [0.25, 0.3) is 0 Å². The molecule has 2 N–H and O–H groups in total. The van der Waals surface area contributed by atoms with Gasteiger partial charge in [-0.15, -0.1) is 0 Å². The SMILES string of the molecule is Cc1ccc(NC(=O)[C@H]2C3C=CC(C3)[C@H]2C(=O)O)cc1C. The number of aryl methyl sites for hydroxylation is 2. The first kappa shape index (κ1) is 13.9. The van der Waals surface area contributed by atoms with Crippen molar-refractivity contribution in [1.29, 1.82) is 0 Å². The Morgan fingerprint density at radius 2 is 1.76 bits per heavy atom. The van der Waals surface area contributed by atoms with Gasteiger partial charge in [0.15, 0.2) is 0 Å². The van der Waals surface area contributed by atoms with Crippen LogP contribution in [0.4, 0.5) is 5.69 Å². The summed E-state index contributed by atoms with van der Waals surface area (Å²) in [6.07, 6.45) is 4.72. The van der Waals surface area contributed by atoms with Gasteiger partial charge in [-0.2, -0.15) is 0 Å². The highest BCUT2D eigenvalue weighted by atomic mass is 16.4. The van der Waals surface area contributed by atoms with Gasteiger partial charge in [-0.3, -0.25) is 9.59 Å². The van der Waals surface area contributed by atoms with E-state index in [9.17, 15) is 14.7 Å². The monoisotopic (exact) mass is 285 g/mol. The Balaban J connectivity index is 1.80. The molecule has 0 spiro atoms. The summed E-state index contributed by atoms with van der Waals surface area (Å²) in [5.74, 6) is -2.04. The maximum atomic E-state index is 12.5. The Bertz CT molecular complexity index is 635. The number of carboxylic acid groups (broad SMARTS) is 1. The van der Waals surface area contributed by atoms with Gasteiger partial charge in [-0.05, 0) is 55.4 Å². The van der Waals surface area contributed by atoms with Crippen LogP contribution in [0.3, 0.4) is 0 Å². The summed E-state index contributed by atoms with van der Waals surface area (Å²) < 4.78 is 0. The fourth-order valence-electron chi connectivity index (χ4n) is 3.56. The molecule has 4 atom stereocenters. The van der Waals surface area contributed by atoms with Crippen LogP contribution >= 0.6 is 0 Å². The first-order chi connectivity index (χ1) is 9.97. The molecule has 2 unspecified atom stereocenters. The third-order valence-corrected chi connectivity index (χ3v) is 4.82. The standard InChI is InChI=1S/C17H19NO3/c1-9-3-6-13(7-10(9)2)18-16(19)14-11-4-5-12(8-11)15(14)17(20)21/h3-7,11-12,14-15H,8H2,1-2H3,(H,18,19)(H,20,21)/t11?,12?,14-,15+/m0/s1. The lowest BCUT2D eigenvalue weighted by molar-refractivity contribution is -0.146. The summed E-state index contributed by atoms with van der Waals surface area (Å²) in [5, 5.41) is 12.3. The molecule has 0 radical (unpaired) electrons. The Morgan fingerprint density at radius 3 is 2.38 bits per heavy atom. The maximum Gasteiger partial charge on any atom is 0.307 e. The van der Waals surface area contributed by atoms with Gasteiger partial charge in [-0.1, -0.05) is 18.2 Å². The highest BCUT2D eigenvalue weighted by Gasteiger charge is 2.51. The van der Waals surface area contributed by atoms with Crippen LogP contribution in [0.1, 0.15) is 17.5 Å².